The molecule has 0 unspecified atom stereocenters. The van der Waals surface area contributed by atoms with Crippen LogP contribution >= 0.6 is 0 Å². The van der Waals surface area contributed by atoms with Crippen LogP contribution in [0.5, 0.6) is 11.5 Å². The van der Waals surface area contributed by atoms with Crippen molar-refractivity contribution >= 4 is 22.5 Å². The minimum atomic E-state index is -0.282. The highest BCUT2D eigenvalue weighted by atomic mass is 16.5. The molecule has 0 radical (unpaired) electrons. The van der Waals surface area contributed by atoms with E-state index in [0.717, 1.165) is 16.5 Å². The molecule has 29 heavy (non-hydrogen) atoms. The lowest BCUT2D eigenvalue weighted by Crippen LogP contribution is -2.14. The van der Waals surface area contributed by atoms with Crippen LogP contribution in [0.25, 0.3) is 22.4 Å². The number of hydrogen-bond donors (Lipinski definition) is 1. The summed E-state index contributed by atoms with van der Waals surface area (Å²) in [6.07, 6.45) is 1.69. The van der Waals surface area contributed by atoms with Crippen LogP contribution < -0.4 is 14.8 Å². The van der Waals surface area contributed by atoms with Gasteiger partial charge in [0.2, 0.25) is 17.7 Å². The first-order chi connectivity index (χ1) is 14.2. The summed E-state index contributed by atoms with van der Waals surface area (Å²) in [6.45, 7) is 0. The lowest BCUT2D eigenvalue weighted by atomic mass is 10.1. The maximum atomic E-state index is 12.3. The number of methoxy groups -OCH3 is 2. The maximum absolute atomic E-state index is 12.3. The van der Waals surface area contributed by atoms with Gasteiger partial charge in [-0.05, 0) is 36.4 Å². The molecule has 2 aromatic heterocycles. The summed E-state index contributed by atoms with van der Waals surface area (Å²) in [5, 5.41) is 11.8. The van der Waals surface area contributed by atoms with E-state index >= 15 is 0 Å². The summed E-state index contributed by atoms with van der Waals surface area (Å²) >= 11 is 0. The number of pyridine rings is 1. The molecule has 8 heteroatoms. The van der Waals surface area contributed by atoms with Crippen molar-refractivity contribution in [2.45, 2.75) is 6.42 Å². The summed E-state index contributed by atoms with van der Waals surface area (Å²) in [7, 11) is 3.08. The molecule has 1 amide bonds. The quantitative estimate of drug-likeness (QED) is 0.538. The zero-order chi connectivity index (χ0) is 20.2. The number of nitrogens with one attached hydrogen (secondary N) is 1. The highest BCUT2D eigenvalue weighted by Crippen LogP contribution is 2.30. The number of carbonyl (C=O) groups excluding carboxylic acids is 1. The minimum absolute atomic E-state index is 0.0452. The largest absolute Gasteiger partial charge is 0.493 e. The van der Waals surface area contributed by atoms with Crippen LogP contribution in [0.2, 0.25) is 0 Å². The molecule has 2 heterocycles. The predicted molar refractivity (Wildman–Crippen MR) is 107 cm³/mol. The van der Waals surface area contributed by atoms with Crippen LogP contribution in [-0.2, 0) is 11.2 Å². The fraction of sp³-hybridized carbons (Fsp3) is 0.143. The smallest absolute Gasteiger partial charge is 0.247 e. The van der Waals surface area contributed by atoms with Gasteiger partial charge in [0.1, 0.15) is 6.42 Å². The van der Waals surface area contributed by atoms with Crippen LogP contribution in [-0.4, -0.2) is 35.3 Å². The topological polar surface area (TPSA) is 99.4 Å². The van der Waals surface area contributed by atoms with Crippen LogP contribution in [0, 0.1) is 0 Å². The zero-order valence-corrected chi connectivity index (χ0v) is 15.9. The Morgan fingerprint density at radius 2 is 1.90 bits per heavy atom. The van der Waals surface area contributed by atoms with Crippen molar-refractivity contribution in [1.29, 1.82) is 0 Å². The maximum Gasteiger partial charge on any atom is 0.247 e. The van der Waals surface area contributed by atoms with Gasteiger partial charge in [-0.2, -0.15) is 0 Å². The molecule has 0 aliphatic carbocycles. The van der Waals surface area contributed by atoms with Gasteiger partial charge in [-0.3, -0.25) is 9.78 Å². The van der Waals surface area contributed by atoms with Crippen LogP contribution in [0.4, 0.5) is 5.69 Å². The van der Waals surface area contributed by atoms with Gasteiger partial charge in [-0.15, -0.1) is 10.2 Å². The zero-order valence-electron chi connectivity index (χ0n) is 15.9. The fourth-order valence-corrected chi connectivity index (χ4v) is 2.91. The first-order valence-electron chi connectivity index (χ1n) is 8.85. The van der Waals surface area contributed by atoms with Gasteiger partial charge in [0.25, 0.3) is 0 Å². The molecular formula is C21H18N4O4. The molecule has 0 aliphatic heterocycles. The number of amides is 1. The molecule has 2 aromatic carbocycles. The summed E-state index contributed by atoms with van der Waals surface area (Å²) in [6, 6.07) is 14.6. The second-order valence-electron chi connectivity index (χ2n) is 6.21. The average molecular weight is 390 g/mol. The van der Waals surface area contributed by atoms with Gasteiger partial charge in [-0.1, -0.05) is 6.07 Å². The molecule has 1 N–H and O–H groups in total. The Hall–Kier alpha value is -3.94. The Balaban J connectivity index is 1.46. The molecular weight excluding hydrogens is 372 g/mol. The third-order valence-corrected chi connectivity index (χ3v) is 4.30. The van der Waals surface area contributed by atoms with E-state index in [1.54, 1.807) is 31.5 Å². The van der Waals surface area contributed by atoms with Crippen molar-refractivity contribution in [3.63, 3.8) is 0 Å². The van der Waals surface area contributed by atoms with E-state index in [1.807, 2.05) is 30.3 Å². The van der Waals surface area contributed by atoms with Crippen molar-refractivity contribution in [1.82, 2.24) is 15.2 Å². The van der Waals surface area contributed by atoms with Gasteiger partial charge in [0, 0.05) is 28.9 Å². The van der Waals surface area contributed by atoms with Crippen LogP contribution in [0.3, 0.4) is 0 Å². The Kier molecular flexibility index (Phi) is 5.07. The van der Waals surface area contributed by atoms with Crippen LogP contribution in [0.15, 0.2) is 59.1 Å². The lowest BCUT2D eigenvalue weighted by molar-refractivity contribution is -0.115. The molecule has 146 valence electrons. The molecule has 0 atom stereocenters. The Morgan fingerprint density at radius 1 is 1.03 bits per heavy atom. The third-order valence-electron chi connectivity index (χ3n) is 4.30. The van der Waals surface area contributed by atoms with E-state index in [1.165, 1.54) is 7.11 Å². The number of ether oxygens (including phenoxy) is 2. The van der Waals surface area contributed by atoms with Crippen molar-refractivity contribution in [2.24, 2.45) is 0 Å². The lowest BCUT2D eigenvalue weighted by Gasteiger charge is -2.10. The predicted octanol–water partition coefficient (Wildman–Crippen LogP) is 3.48. The minimum Gasteiger partial charge on any atom is -0.493 e. The number of carbonyl (C=O) groups is 1. The molecule has 0 spiro atoms. The fourth-order valence-electron chi connectivity index (χ4n) is 2.91. The summed E-state index contributed by atoms with van der Waals surface area (Å²) < 4.78 is 16.1. The third kappa shape index (κ3) is 4.01. The van der Waals surface area contributed by atoms with Crippen LogP contribution in [0.1, 0.15) is 5.89 Å². The Labute approximate surface area is 166 Å². The molecule has 4 rings (SSSR count). The van der Waals surface area contributed by atoms with E-state index in [4.69, 9.17) is 13.9 Å². The number of nitrogens with zero attached hydrogens (tertiary/aromatic N) is 3. The molecule has 0 saturated carbocycles. The van der Waals surface area contributed by atoms with Crippen molar-refractivity contribution in [2.75, 3.05) is 19.5 Å². The molecule has 0 fully saturated rings. The van der Waals surface area contributed by atoms with Gasteiger partial charge in [0.05, 0.1) is 19.7 Å². The summed E-state index contributed by atoms with van der Waals surface area (Å²) in [4.78, 5) is 16.6. The summed E-state index contributed by atoms with van der Waals surface area (Å²) in [5.74, 6) is 1.40. The van der Waals surface area contributed by atoms with Gasteiger partial charge in [0.15, 0.2) is 11.5 Å². The molecule has 8 nitrogen and oxygen atoms in total. The van der Waals surface area contributed by atoms with Crippen molar-refractivity contribution in [3.05, 3.63) is 60.6 Å². The SMILES string of the molecule is COc1ccc(NC(=O)Cc2nnc(-c3ccc4ncccc4c3)o2)cc1OC. The van der Waals surface area contributed by atoms with Gasteiger partial charge in [-0.25, -0.2) is 0 Å². The number of aromatic nitrogens is 3. The number of anilines is 1. The normalized spacial score (nSPS) is 10.7. The molecule has 0 bridgehead atoms. The first kappa shape index (κ1) is 18.4. The monoisotopic (exact) mass is 390 g/mol. The number of rotatable bonds is 6. The van der Waals surface area contributed by atoms with E-state index in [-0.39, 0.29) is 18.2 Å². The van der Waals surface area contributed by atoms with Crippen molar-refractivity contribution < 1.29 is 18.7 Å². The van der Waals surface area contributed by atoms with E-state index in [2.05, 4.69) is 20.5 Å². The van der Waals surface area contributed by atoms with E-state index in [0.29, 0.717) is 23.1 Å². The highest BCUT2D eigenvalue weighted by molar-refractivity contribution is 5.92. The summed E-state index contributed by atoms with van der Waals surface area (Å²) in [5.41, 5.74) is 2.23. The average Bonchev–Trinajstić information content (AvgIpc) is 3.21. The second kappa shape index (κ2) is 7.97. The molecule has 0 aliphatic rings. The highest BCUT2D eigenvalue weighted by Gasteiger charge is 2.14. The van der Waals surface area contributed by atoms with Gasteiger partial charge >= 0.3 is 0 Å². The first-order valence-corrected chi connectivity index (χ1v) is 8.85. The number of hydrogen-bond acceptors (Lipinski definition) is 7. The molecule has 4 aromatic rings. The Bertz CT molecular complexity index is 1170. The molecule has 0 saturated heterocycles. The van der Waals surface area contributed by atoms with Crippen molar-refractivity contribution in [3.8, 4) is 23.0 Å². The Morgan fingerprint density at radius 3 is 2.72 bits per heavy atom. The second-order valence-corrected chi connectivity index (χ2v) is 6.21. The standard InChI is InChI=1S/C21H18N4O4/c1-27-17-8-6-15(11-18(17)28-2)23-19(26)12-20-24-25-21(29-20)14-5-7-16-13(10-14)4-3-9-22-16/h3-11H,12H2,1-2H3,(H,23,26). The van der Waals surface area contributed by atoms with E-state index in [9.17, 15) is 4.79 Å². The van der Waals surface area contributed by atoms with E-state index < -0.39 is 0 Å². The number of fused-ring (bicyclic) bond motifs is 1. The number of benzene rings is 2. The van der Waals surface area contributed by atoms with Gasteiger partial charge < -0.3 is 19.2 Å².